The van der Waals surface area contributed by atoms with Crippen molar-refractivity contribution in [3.63, 3.8) is 0 Å². The highest BCUT2D eigenvalue weighted by molar-refractivity contribution is 5.72. The van der Waals surface area contributed by atoms with Crippen molar-refractivity contribution in [3.05, 3.63) is 69.8 Å². The second-order valence-electron chi connectivity index (χ2n) is 8.59. The van der Waals surface area contributed by atoms with Crippen molar-refractivity contribution in [2.75, 3.05) is 0 Å². The molecule has 0 amide bonds. The zero-order chi connectivity index (χ0) is 18.2. The number of rotatable bonds is 2. The molecule has 2 aromatic carbocycles. The number of nitriles is 1. The molecule has 0 N–H and O–H groups in total. The average molecular weight is 329 g/mol. The van der Waals surface area contributed by atoms with Crippen molar-refractivity contribution in [2.24, 2.45) is 0 Å². The molecule has 0 bridgehead atoms. The molecule has 1 nitrogen and oxygen atoms in total. The van der Waals surface area contributed by atoms with E-state index in [-0.39, 0.29) is 10.8 Å². The van der Waals surface area contributed by atoms with Gasteiger partial charge in [0.2, 0.25) is 0 Å². The standard InChI is InChI=1S/C24H27N/c1-17-14-21-22(24(4,5)13-12-23(21,2)3)15-20(17)11-10-18-6-8-19(16-25)9-7-18/h6-11,14-15H,12-13H2,1-5H3. The molecule has 0 heterocycles. The van der Waals surface area contributed by atoms with Crippen LogP contribution in [0.2, 0.25) is 0 Å². The predicted octanol–water partition coefficient (Wildman–Crippen LogP) is 6.39. The van der Waals surface area contributed by atoms with E-state index in [2.05, 4.69) is 65.0 Å². The van der Waals surface area contributed by atoms with Crippen molar-refractivity contribution in [3.8, 4) is 6.07 Å². The summed E-state index contributed by atoms with van der Waals surface area (Å²) < 4.78 is 0. The maximum atomic E-state index is 8.91. The molecular formula is C24H27N. The summed E-state index contributed by atoms with van der Waals surface area (Å²) in [7, 11) is 0. The van der Waals surface area contributed by atoms with Crippen molar-refractivity contribution >= 4 is 12.2 Å². The Balaban J connectivity index is 2.00. The molecule has 0 aliphatic heterocycles. The normalized spacial score (nSPS) is 17.9. The Morgan fingerprint density at radius 3 is 2.00 bits per heavy atom. The molecule has 0 saturated heterocycles. The van der Waals surface area contributed by atoms with Gasteiger partial charge in [-0.1, -0.05) is 64.1 Å². The van der Waals surface area contributed by atoms with Gasteiger partial charge in [0.25, 0.3) is 0 Å². The Morgan fingerprint density at radius 1 is 0.880 bits per heavy atom. The minimum Gasteiger partial charge on any atom is -0.192 e. The van der Waals surface area contributed by atoms with Crippen LogP contribution >= 0.6 is 0 Å². The van der Waals surface area contributed by atoms with Gasteiger partial charge >= 0.3 is 0 Å². The van der Waals surface area contributed by atoms with Crippen molar-refractivity contribution in [1.82, 2.24) is 0 Å². The zero-order valence-corrected chi connectivity index (χ0v) is 16.0. The van der Waals surface area contributed by atoms with Crippen molar-refractivity contribution < 1.29 is 0 Å². The van der Waals surface area contributed by atoms with Crippen LogP contribution < -0.4 is 0 Å². The van der Waals surface area contributed by atoms with Crippen LogP contribution in [0.15, 0.2) is 36.4 Å². The lowest BCUT2D eigenvalue weighted by Gasteiger charge is -2.42. The van der Waals surface area contributed by atoms with Gasteiger partial charge in [0, 0.05) is 0 Å². The minimum absolute atomic E-state index is 0.232. The zero-order valence-electron chi connectivity index (χ0n) is 16.0. The number of hydrogen-bond donors (Lipinski definition) is 0. The summed E-state index contributed by atoms with van der Waals surface area (Å²) in [5.74, 6) is 0. The Bertz CT molecular complexity index is 858. The first-order chi connectivity index (χ1) is 11.7. The molecule has 128 valence electrons. The van der Waals surface area contributed by atoms with Gasteiger partial charge in [0.15, 0.2) is 0 Å². The molecule has 1 aliphatic rings. The number of fused-ring (bicyclic) bond motifs is 1. The van der Waals surface area contributed by atoms with Gasteiger partial charge in [-0.2, -0.15) is 5.26 Å². The molecule has 0 spiro atoms. The Kier molecular flexibility index (Phi) is 4.33. The van der Waals surface area contributed by atoms with E-state index in [0.29, 0.717) is 5.56 Å². The van der Waals surface area contributed by atoms with Crippen LogP contribution in [0, 0.1) is 18.3 Å². The molecule has 3 rings (SSSR count). The first-order valence-corrected chi connectivity index (χ1v) is 9.07. The smallest absolute Gasteiger partial charge is 0.0991 e. The summed E-state index contributed by atoms with van der Waals surface area (Å²) in [6, 6.07) is 14.7. The van der Waals surface area contributed by atoms with E-state index in [1.165, 1.54) is 35.1 Å². The van der Waals surface area contributed by atoms with Crippen LogP contribution in [0.4, 0.5) is 0 Å². The van der Waals surface area contributed by atoms with Crippen LogP contribution in [0.5, 0.6) is 0 Å². The van der Waals surface area contributed by atoms with E-state index in [4.69, 9.17) is 5.26 Å². The predicted molar refractivity (Wildman–Crippen MR) is 107 cm³/mol. The fraction of sp³-hybridized carbons (Fsp3) is 0.375. The molecule has 1 heteroatoms. The summed E-state index contributed by atoms with van der Waals surface area (Å²) in [5, 5.41) is 8.91. The maximum absolute atomic E-state index is 8.91. The molecular weight excluding hydrogens is 302 g/mol. The quantitative estimate of drug-likeness (QED) is 0.586. The average Bonchev–Trinajstić information content (AvgIpc) is 2.58. The van der Waals surface area contributed by atoms with Crippen molar-refractivity contribution in [1.29, 1.82) is 5.26 Å². The Hall–Kier alpha value is -2.33. The molecule has 0 atom stereocenters. The van der Waals surface area contributed by atoms with Gasteiger partial charge in [0.05, 0.1) is 11.6 Å². The fourth-order valence-electron chi connectivity index (χ4n) is 3.77. The van der Waals surface area contributed by atoms with E-state index in [1.54, 1.807) is 0 Å². The fourth-order valence-corrected chi connectivity index (χ4v) is 3.77. The second kappa shape index (κ2) is 6.19. The van der Waals surface area contributed by atoms with E-state index in [0.717, 1.165) is 5.56 Å². The van der Waals surface area contributed by atoms with Gasteiger partial charge in [0.1, 0.15) is 0 Å². The number of benzene rings is 2. The summed E-state index contributed by atoms with van der Waals surface area (Å²) in [6.45, 7) is 11.7. The van der Waals surface area contributed by atoms with Crippen LogP contribution in [0.3, 0.4) is 0 Å². The van der Waals surface area contributed by atoms with Gasteiger partial charge in [-0.25, -0.2) is 0 Å². The minimum atomic E-state index is 0.232. The third kappa shape index (κ3) is 3.40. The first-order valence-electron chi connectivity index (χ1n) is 9.07. The largest absolute Gasteiger partial charge is 0.192 e. The van der Waals surface area contributed by atoms with Gasteiger partial charge in [-0.05, 0) is 70.5 Å². The Labute approximate surface area is 152 Å². The lowest BCUT2D eigenvalue weighted by molar-refractivity contribution is 0.331. The van der Waals surface area contributed by atoms with E-state index < -0.39 is 0 Å². The third-order valence-corrected chi connectivity index (χ3v) is 5.73. The topological polar surface area (TPSA) is 23.8 Å². The molecule has 0 saturated carbocycles. The van der Waals surface area contributed by atoms with Gasteiger partial charge < -0.3 is 0 Å². The van der Waals surface area contributed by atoms with Gasteiger partial charge in [-0.3, -0.25) is 0 Å². The molecule has 0 fully saturated rings. The van der Waals surface area contributed by atoms with Crippen LogP contribution in [-0.4, -0.2) is 0 Å². The number of hydrogen-bond acceptors (Lipinski definition) is 1. The molecule has 2 aromatic rings. The number of aryl methyl sites for hydroxylation is 1. The van der Waals surface area contributed by atoms with E-state index >= 15 is 0 Å². The monoisotopic (exact) mass is 329 g/mol. The summed E-state index contributed by atoms with van der Waals surface area (Å²) in [4.78, 5) is 0. The SMILES string of the molecule is Cc1cc2c(cc1C=Cc1ccc(C#N)cc1)C(C)(C)CCC2(C)C. The highest BCUT2D eigenvalue weighted by Crippen LogP contribution is 2.46. The van der Waals surface area contributed by atoms with Gasteiger partial charge in [-0.15, -0.1) is 0 Å². The van der Waals surface area contributed by atoms with E-state index in [9.17, 15) is 0 Å². The summed E-state index contributed by atoms with van der Waals surface area (Å²) in [6.07, 6.45) is 6.81. The lowest BCUT2D eigenvalue weighted by atomic mass is 9.62. The highest BCUT2D eigenvalue weighted by atomic mass is 14.4. The summed E-state index contributed by atoms with van der Waals surface area (Å²) >= 11 is 0. The van der Waals surface area contributed by atoms with E-state index in [1.807, 2.05) is 24.3 Å². The molecule has 0 radical (unpaired) electrons. The first kappa shape index (κ1) is 17.5. The second-order valence-corrected chi connectivity index (χ2v) is 8.59. The number of nitrogens with zero attached hydrogens (tertiary/aromatic N) is 1. The summed E-state index contributed by atoms with van der Waals surface area (Å²) in [5.41, 5.74) is 7.93. The van der Waals surface area contributed by atoms with Crippen LogP contribution in [0.1, 0.15) is 73.9 Å². The Morgan fingerprint density at radius 2 is 1.44 bits per heavy atom. The maximum Gasteiger partial charge on any atom is 0.0991 e. The molecule has 0 unspecified atom stereocenters. The lowest BCUT2D eigenvalue weighted by Crippen LogP contribution is -2.34. The highest BCUT2D eigenvalue weighted by Gasteiger charge is 2.37. The van der Waals surface area contributed by atoms with Crippen LogP contribution in [0.25, 0.3) is 12.2 Å². The molecule has 1 aliphatic carbocycles. The molecule has 0 aromatic heterocycles. The third-order valence-electron chi connectivity index (χ3n) is 5.73. The molecule has 25 heavy (non-hydrogen) atoms. The van der Waals surface area contributed by atoms with Crippen LogP contribution in [-0.2, 0) is 10.8 Å². The van der Waals surface area contributed by atoms with Crippen molar-refractivity contribution in [2.45, 2.75) is 58.3 Å².